The van der Waals surface area contributed by atoms with Gasteiger partial charge in [0.2, 0.25) is 0 Å². The van der Waals surface area contributed by atoms with Gasteiger partial charge in [0.1, 0.15) is 0 Å². The number of rotatable bonds is 20. The molecule has 0 fully saturated rings. The monoisotopic (exact) mass is 1600 g/mol. The molecule has 0 aliphatic carbocycles. The lowest BCUT2D eigenvalue weighted by Gasteiger charge is -2.12. The van der Waals surface area contributed by atoms with Crippen LogP contribution in [0.15, 0.2) is 165 Å². The molecule has 0 nitrogen and oxygen atoms in total. The van der Waals surface area contributed by atoms with E-state index in [0.29, 0.717) is 0 Å². The maximum atomic E-state index is 2.37. The SMILES string of the molecule is CCCCCCSC1=C(SCSC2=C(SCCCCCC)SC(=C3SC4=C(S3)SC(=c3c5ccccc5c(=C5SC(SC)=C(SC)S5)c5ccccc35)S4)S2)SC(=C2SC3=C(S2)SC(=c2c4ccccc4c(=C4SC(SC)=C(SC)S4)c4ccccc24)S3)S1. The Hall–Kier alpha value is 2.16. The summed E-state index contributed by atoms with van der Waals surface area (Å²) in [6, 6.07) is 36.8. The topological polar surface area (TPSA) is 0 Å². The summed E-state index contributed by atoms with van der Waals surface area (Å²) in [5.74, 6) is 2.38. The first kappa shape index (κ1) is 68.3. The number of hydrogen-bond acceptors (Lipinski definition) is 24. The van der Waals surface area contributed by atoms with Crippen LogP contribution in [0.1, 0.15) is 65.2 Å². The van der Waals surface area contributed by atoms with Gasteiger partial charge in [-0.05, 0) is 92.5 Å². The first-order valence-corrected chi connectivity index (χ1v) is 50.6. The zero-order valence-corrected chi connectivity index (χ0v) is 68.4. The van der Waals surface area contributed by atoms with Crippen LogP contribution in [0.5, 0.6) is 0 Å². The molecule has 8 aliphatic heterocycles. The van der Waals surface area contributed by atoms with Crippen LogP contribution in [-0.2, 0) is 0 Å². The maximum absolute atomic E-state index is 2.37. The second-order valence-electron chi connectivity index (χ2n) is 20.1. The number of benzene rings is 6. The van der Waals surface area contributed by atoms with Gasteiger partial charge in [-0.1, -0.05) is 338 Å². The fourth-order valence-corrected chi connectivity index (χ4v) is 46.7. The predicted molar refractivity (Wildman–Crippen MR) is 460 cm³/mol. The molecule has 0 spiro atoms. The molecule has 0 N–H and O–H groups in total. The van der Waals surface area contributed by atoms with Crippen molar-refractivity contribution in [2.75, 3.05) is 41.6 Å². The second-order valence-corrected chi connectivity index (χ2v) is 49.4. The molecular formula is C65H56S24. The molecule has 89 heavy (non-hydrogen) atoms. The van der Waals surface area contributed by atoms with Crippen molar-refractivity contribution in [1.29, 1.82) is 0 Å². The van der Waals surface area contributed by atoms with E-state index in [9.17, 15) is 0 Å². The van der Waals surface area contributed by atoms with Crippen LogP contribution < -0.4 is 20.9 Å². The van der Waals surface area contributed by atoms with Crippen LogP contribution in [0.25, 0.3) is 60.0 Å². The van der Waals surface area contributed by atoms with Gasteiger partial charge in [0.05, 0.1) is 84.7 Å². The Morgan fingerprint density at radius 3 is 0.697 bits per heavy atom. The van der Waals surface area contributed by atoms with Gasteiger partial charge in [-0.25, -0.2) is 0 Å². The van der Waals surface area contributed by atoms with Crippen LogP contribution in [0.4, 0.5) is 0 Å². The summed E-state index contributed by atoms with van der Waals surface area (Å²) in [4.78, 5) is 0. The van der Waals surface area contributed by atoms with Crippen LogP contribution >= 0.6 is 282 Å². The normalized spacial score (nSPS) is 19.0. The first-order chi connectivity index (χ1) is 43.8. The van der Waals surface area contributed by atoms with E-state index in [1.165, 1.54) is 212 Å². The fraction of sp³-hybridized carbons (Fsp3) is 0.262. The minimum atomic E-state index is 1.02. The maximum Gasteiger partial charge on any atom is 0.0718 e. The summed E-state index contributed by atoms with van der Waals surface area (Å²) in [5, 5.41) is 17.5. The third-order valence-electron chi connectivity index (χ3n) is 14.6. The van der Waals surface area contributed by atoms with Gasteiger partial charge < -0.3 is 0 Å². The Morgan fingerprint density at radius 2 is 0.449 bits per heavy atom. The Labute approximate surface area is 625 Å². The van der Waals surface area contributed by atoms with E-state index in [1.807, 2.05) is 188 Å². The average molecular weight is 1610 g/mol. The van der Waals surface area contributed by atoms with E-state index in [-0.39, 0.29) is 0 Å². The molecule has 0 saturated heterocycles. The standard InChI is InChI=1S/C65H56S24/c1-7-9-11-21-31-70-54-56(84-62(82-54)64-86-58-59(87-64)79-48(78-58)44-38-27-17-13-23-34(38)42(35-24-14-18-28-39(35)44)46-74-50(66-3)51(67-4)75-46)72-33-73-57-55(71-32-22-12-10-8-2)83-63(85-57)65-88-60-61(89-65)81-49(80-60)45-40-29-19-15-25-36(40)43(37-26-16-20-30-41(37)45)47-76-52(68-5)53(69-6)77-47/h13-20,23-30H,7-12,21-22,31-33H2,1-6H3. The summed E-state index contributed by atoms with van der Waals surface area (Å²) in [6.45, 7) is 4.65. The average Bonchev–Trinajstić information content (AvgIpc) is 1.76. The Kier molecular flexibility index (Phi) is 24.7. The molecule has 14 rings (SSSR count). The molecule has 6 aromatic rings. The van der Waals surface area contributed by atoms with E-state index in [1.54, 1.807) is 0 Å². The summed E-state index contributed by atoms with van der Waals surface area (Å²) in [5.41, 5.74) is 0. The van der Waals surface area contributed by atoms with Crippen molar-refractivity contribution < 1.29 is 0 Å². The summed E-state index contributed by atoms with van der Waals surface area (Å²) in [7, 11) is 0. The summed E-state index contributed by atoms with van der Waals surface area (Å²) in [6.07, 6.45) is 19.3. The quantitative estimate of drug-likeness (QED) is 0.0404. The van der Waals surface area contributed by atoms with Gasteiger partial charge in [-0.2, -0.15) is 0 Å². The molecule has 8 heterocycles. The van der Waals surface area contributed by atoms with E-state index < -0.39 is 0 Å². The van der Waals surface area contributed by atoms with Crippen LogP contribution in [-0.4, -0.2) is 41.6 Å². The summed E-state index contributed by atoms with van der Waals surface area (Å²) < 4.78 is 29.1. The van der Waals surface area contributed by atoms with Crippen LogP contribution in [0.2, 0.25) is 0 Å². The van der Waals surface area contributed by atoms with Gasteiger partial charge in [-0.15, -0.1) is 94.1 Å². The lowest BCUT2D eigenvalue weighted by molar-refractivity contribution is 0.707. The molecule has 6 aromatic carbocycles. The Balaban J connectivity index is 0.686. The van der Waals surface area contributed by atoms with Crippen molar-refractivity contribution in [1.82, 2.24) is 0 Å². The Bertz CT molecular complexity index is 3960. The van der Waals surface area contributed by atoms with E-state index >= 15 is 0 Å². The molecule has 460 valence electrons. The lowest BCUT2D eigenvalue weighted by atomic mass is 9.99. The molecular weight excluding hydrogens is 1550 g/mol. The molecule has 0 bridgehead atoms. The van der Waals surface area contributed by atoms with Crippen molar-refractivity contribution in [2.45, 2.75) is 65.2 Å². The smallest absolute Gasteiger partial charge is 0.0718 e. The number of thioether (sulfide) groups is 24. The molecule has 0 aromatic heterocycles. The number of hydrogen-bond donors (Lipinski definition) is 0. The molecule has 8 aliphatic rings. The van der Waals surface area contributed by atoms with Crippen molar-refractivity contribution in [2.24, 2.45) is 0 Å². The third kappa shape index (κ3) is 14.7. The Morgan fingerprint density at radius 1 is 0.236 bits per heavy atom. The second kappa shape index (κ2) is 32.2. The molecule has 0 unspecified atom stereocenters. The molecule has 0 atom stereocenters. The number of fused-ring (bicyclic) bond motifs is 4. The highest BCUT2D eigenvalue weighted by molar-refractivity contribution is 8.54. The van der Waals surface area contributed by atoms with E-state index in [0.717, 1.165) is 5.08 Å². The van der Waals surface area contributed by atoms with Crippen molar-refractivity contribution >= 4 is 342 Å². The zero-order valence-electron chi connectivity index (χ0n) is 48.8. The predicted octanol–water partition coefficient (Wildman–Crippen LogP) is 27.6. The highest BCUT2D eigenvalue weighted by Crippen LogP contribution is 2.73. The van der Waals surface area contributed by atoms with Gasteiger partial charge in [0.25, 0.3) is 0 Å². The lowest BCUT2D eigenvalue weighted by Crippen LogP contribution is -2.16. The van der Waals surface area contributed by atoms with Crippen molar-refractivity contribution in [3.8, 4) is 0 Å². The van der Waals surface area contributed by atoms with E-state index in [4.69, 9.17) is 0 Å². The fourth-order valence-electron chi connectivity index (χ4n) is 10.5. The molecule has 24 heteroatoms. The summed E-state index contributed by atoms with van der Waals surface area (Å²) >= 11 is 48.2. The van der Waals surface area contributed by atoms with Gasteiger partial charge in [0, 0.05) is 26.0 Å². The first-order valence-electron chi connectivity index (χ1n) is 28.7. The van der Waals surface area contributed by atoms with Gasteiger partial charge in [0.15, 0.2) is 0 Å². The minimum absolute atomic E-state index is 1.02. The molecule has 0 amide bonds. The van der Waals surface area contributed by atoms with Crippen LogP contribution in [0, 0.1) is 0 Å². The van der Waals surface area contributed by atoms with Crippen molar-refractivity contribution in [3.63, 3.8) is 0 Å². The zero-order chi connectivity index (χ0) is 60.5. The highest BCUT2D eigenvalue weighted by atomic mass is 32.3. The minimum Gasteiger partial charge on any atom is -0.121 e. The van der Waals surface area contributed by atoms with E-state index in [2.05, 4.69) is 230 Å². The largest absolute Gasteiger partial charge is 0.121 e. The van der Waals surface area contributed by atoms with Crippen LogP contribution in [0.3, 0.4) is 0 Å². The highest BCUT2D eigenvalue weighted by Gasteiger charge is 2.38. The molecule has 0 saturated carbocycles. The number of unbranched alkanes of at least 4 members (excludes halogenated alkanes) is 6. The van der Waals surface area contributed by atoms with Crippen molar-refractivity contribution in [3.05, 3.63) is 186 Å². The van der Waals surface area contributed by atoms with Gasteiger partial charge >= 0.3 is 0 Å². The van der Waals surface area contributed by atoms with Gasteiger partial charge in [-0.3, -0.25) is 0 Å². The third-order valence-corrected chi connectivity index (χ3v) is 48.7. The molecule has 0 radical (unpaired) electrons.